The molecule has 0 aromatic rings. The molecule has 1 fully saturated rings. The van der Waals surface area contributed by atoms with Crippen LogP contribution in [-0.2, 0) is 13.3 Å². The largest absolute Gasteiger partial charge is 0.504 e. The van der Waals surface area contributed by atoms with E-state index in [2.05, 4.69) is 6.04 Å². The second kappa shape index (κ2) is 9.07. The summed E-state index contributed by atoms with van der Waals surface area (Å²) in [5.41, 5.74) is 0. The Morgan fingerprint density at radius 1 is 0.833 bits per heavy atom. The van der Waals surface area contributed by atoms with E-state index in [0.29, 0.717) is 25.7 Å². The lowest BCUT2D eigenvalue weighted by Crippen LogP contribution is -2.48. The van der Waals surface area contributed by atoms with Gasteiger partial charge in [-0.3, -0.25) is 0 Å². The Balaban J connectivity index is 2.61. The Kier molecular flexibility index (Phi) is 8.14. The third kappa shape index (κ3) is 5.39. The Morgan fingerprint density at radius 3 is 1.67 bits per heavy atom. The molecule has 1 saturated carbocycles. The van der Waals surface area contributed by atoms with Crippen molar-refractivity contribution in [2.45, 2.75) is 59.3 Å². The molecule has 1 radical (unpaired) electrons. The lowest BCUT2D eigenvalue weighted by atomic mass is 10.0. The molecule has 0 unspecified atom stereocenters. The van der Waals surface area contributed by atoms with Gasteiger partial charge in [0.15, 0.2) is 0 Å². The molecule has 0 heterocycles. The van der Waals surface area contributed by atoms with Crippen molar-refractivity contribution in [1.82, 2.24) is 0 Å². The molecule has 4 heteroatoms. The molecular formula is C14H29O3Si. The van der Waals surface area contributed by atoms with E-state index < -0.39 is 8.80 Å². The lowest BCUT2D eigenvalue weighted by molar-refractivity contribution is 0.0758. The van der Waals surface area contributed by atoms with Gasteiger partial charge in [-0.15, -0.1) is 0 Å². The van der Waals surface area contributed by atoms with Gasteiger partial charge >= 0.3 is 8.80 Å². The first-order valence-corrected chi connectivity index (χ1v) is 9.34. The zero-order chi connectivity index (χ0) is 13.3. The van der Waals surface area contributed by atoms with Crippen LogP contribution in [0.3, 0.4) is 0 Å². The molecule has 0 aliphatic heterocycles. The molecular weight excluding hydrogens is 244 g/mol. The summed E-state index contributed by atoms with van der Waals surface area (Å²) in [6.45, 7) is 8.03. The summed E-state index contributed by atoms with van der Waals surface area (Å²) >= 11 is 0. The fourth-order valence-electron chi connectivity index (χ4n) is 2.64. The molecule has 0 aromatic heterocycles. The first-order valence-electron chi connectivity index (χ1n) is 7.54. The van der Waals surface area contributed by atoms with Crippen molar-refractivity contribution in [3.8, 4) is 0 Å². The van der Waals surface area contributed by atoms with E-state index in [-0.39, 0.29) is 0 Å². The van der Waals surface area contributed by atoms with E-state index in [1.54, 1.807) is 0 Å². The highest BCUT2D eigenvalue weighted by molar-refractivity contribution is 6.64. The predicted octanol–water partition coefficient (Wildman–Crippen LogP) is 3.75. The van der Waals surface area contributed by atoms with Gasteiger partial charge in [0.1, 0.15) is 0 Å². The monoisotopic (exact) mass is 273 g/mol. The SMILES string of the molecule is CCO[Si]([CH]C1CCCCCC1)(OCC)OCC. The Bertz CT molecular complexity index is 186. The molecule has 0 spiro atoms. The van der Waals surface area contributed by atoms with Crippen LogP contribution in [0.4, 0.5) is 0 Å². The van der Waals surface area contributed by atoms with E-state index in [9.17, 15) is 0 Å². The van der Waals surface area contributed by atoms with Crippen molar-refractivity contribution in [3.63, 3.8) is 0 Å². The van der Waals surface area contributed by atoms with Gasteiger partial charge in [0.2, 0.25) is 0 Å². The minimum Gasteiger partial charge on any atom is -0.374 e. The summed E-state index contributed by atoms with van der Waals surface area (Å²) in [6, 6.07) is 2.30. The molecule has 0 bridgehead atoms. The van der Waals surface area contributed by atoms with Gasteiger partial charge in [-0.25, -0.2) is 0 Å². The van der Waals surface area contributed by atoms with Crippen LogP contribution < -0.4 is 0 Å². The normalized spacial score (nSPS) is 18.8. The smallest absolute Gasteiger partial charge is 0.374 e. The highest BCUT2D eigenvalue weighted by Gasteiger charge is 2.43. The number of rotatable bonds is 8. The molecule has 0 N–H and O–H groups in total. The van der Waals surface area contributed by atoms with Gasteiger partial charge in [0.05, 0.1) is 0 Å². The molecule has 0 saturated heterocycles. The van der Waals surface area contributed by atoms with E-state index >= 15 is 0 Å². The average molecular weight is 273 g/mol. The standard InChI is InChI=1S/C14H29O3Si/c1-4-15-18(16-5-2,17-6-3)13-14-11-9-7-8-10-12-14/h13-14H,4-12H2,1-3H3. The zero-order valence-corrected chi connectivity index (χ0v) is 13.2. The van der Waals surface area contributed by atoms with Gasteiger partial charge in [0, 0.05) is 25.9 Å². The van der Waals surface area contributed by atoms with Gasteiger partial charge in [-0.05, 0) is 26.7 Å². The van der Waals surface area contributed by atoms with E-state index in [1.165, 1.54) is 38.5 Å². The summed E-state index contributed by atoms with van der Waals surface area (Å²) in [5.74, 6) is 0.615. The predicted molar refractivity (Wildman–Crippen MR) is 76.1 cm³/mol. The number of hydrogen-bond acceptors (Lipinski definition) is 3. The molecule has 0 atom stereocenters. The summed E-state index contributed by atoms with van der Waals surface area (Å²) in [4.78, 5) is 0. The molecule has 18 heavy (non-hydrogen) atoms. The summed E-state index contributed by atoms with van der Waals surface area (Å²) in [6.07, 6.45) is 7.93. The van der Waals surface area contributed by atoms with Crippen LogP contribution in [0.15, 0.2) is 0 Å². The van der Waals surface area contributed by atoms with Gasteiger partial charge < -0.3 is 13.3 Å². The first kappa shape index (κ1) is 16.2. The van der Waals surface area contributed by atoms with E-state index in [1.807, 2.05) is 20.8 Å². The quantitative estimate of drug-likeness (QED) is 0.498. The molecule has 0 amide bonds. The average Bonchev–Trinajstić information content (AvgIpc) is 2.58. The highest BCUT2D eigenvalue weighted by Crippen LogP contribution is 2.29. The van der Waals surface area contributed by atoms with Crippen molar-refractivity contribution < 1.29 is 13.3 Å². The first-order chi connectivity index (χ1) is 8.76. The molecule has 1 rings (SSSR count). The third-order valence-corrected chi connectivity index (χ3v) is 6.33. The van der Waals surface area contributed by atoms with Crippen LogP contribution in [0.2, 0.25) is 0 Å². The van der Waals surface area contributed by atoms with Crippen LogP contribution in [-0.4, -0.2) is 28.6 Å². The highest BCUT2D eigenvalue weighted by atomic mass is 28.4. The minimum absolute atomic E-state index is 0.615. The van der Waals surface area contributed by atoms with Crippen LogP contribution in [0.5, 0.6) is 0 Å². The van der Waals surface area contributed by atoms with E-state index in [0.717, 1.165) is 0 Å². The van der Waals surface area contributed by atoms with Crippen molar-refractivity contribution in [2.75, 3.05) is 19.8 Å². The Hall–Kier alpha value is 0.0969. The van der Waals surface area contributed by atoms with Crippen LogP contribution in [0.25, 0.3) is 0 Å². The van der Waals surface area contributed by atoms with Crippen molar-refractivity contribution in [1.29, 1.82) is 0 Å². The molecule has 1 aliphatic carbocycles. The maximum absolute atomic E-state index is 5.89. The second-order valence-corrected chi connectivity index (χ2v) is 7.23. The second-order valence-electron chi connectivity index (χ2n) is 4.82. The van der Waals surface area contributed by atoms with Crippen LogP contribution in [0, 0.1) is 12.0 Å². The Labute approximate surface area is 114 Å². The summed E-state index contributed by atoms with van der Waals surface area (Å²) < 4.78 is 17.7. The maximum atomic E-state index is 5.89. The van der Waals surface area contributed by atoms with E-state index in [4.69, 9.17) is 13.3 Å². The fraction of sp³-hybridized carbons (Fsp3) is 0.929. The maximum Gasteiger partial charge on any atom is 0.504 e. The van der Waals surface area contributed by atoms with Gasteiger partial charge in [-0.2, -0.15) is 0 Å². The third-order valence-electron chi connectivity index (χ3n) is 3.38. The minimum atomic E-state index is -2.53. The van der Waals surface area contributed by atoms with Crippen molar-refractivity contribution in [2.24, 2.45) is 5.92 Å². The molecule has 1 aliphatic rings. The van der Waals surface area contributed by atoms with Gasteiger partial charge in [0.25, 0.3) is 0 Å². The van der Waals surface area contributed by atoms with Gasteiger partial charge in [-0.1, -0.05) is 38.5 Å². The lowest BCUT2D eigenvalue weighted by Gasteiger charge is -2.31. The molecule has 107 valence electrons. The zero-order valence-electron chi connectivity index (χ0n) is 12.2. The topological polar surface area (TPSA) is 27.7 Å². The molecule has 3 nitrogen and oxygen atoms in total. The summed E-state index contributed by atoms with van der Waals surface area (Å²) in [5, 5.41) is 0. The van der Waals surface area contributed by atoms with Crippen LogP contribution >= 0.6 is 0 Å². The van der Waals surface area contributed by atoms with Crippen LogP contribution in [0.1, 0.15) is 59.3 Å². The molecule has 0 aromatic carbocycles. The number of hydrogen-bond donors (Lipinski definition) is 0. The van der Waals surface area contributed by atoms with Crippen molar-refractivity contribution in [3.05, 3.63) is 6.04 Å². The fourth-order valence-corrected chi connectivity index (χ4v) is 5.30. The van der Waals surface area contributed by atoms with Crippen molar-refractivity contribution >= 4 is 8.80 Å². The Morgan fingerprint density at radius 2 is 1.28 bits per heavy atom. The summed E-state index contributed by atoms with van der Waals surface area (Å²) in [7, 11) is -2.53.